The lowest BCUT2D eigenvalue weighted by atomic mass is 9.90. The molecule has 2 fully saturated rings. The van der Waals surface area contributed by atoms with Gasteiger partial charge in [0.25, 0.3) is 0 Å². The van der Waals surface area contributed by atoms with Gasteiger partial charge in [-0.1, -0.05) is 25.3 Å². The van der Waals surface area contributed by atoms with Crippen molar-refractivity contribution in [2.75, 3.05) is 7.11 Å². The predicted molar refractivity (Wildman–Crippen MR) is 136 cm³/mol. The molecule has 5 rings (SSSR count). The van der Waals surface area contributed by atoms with Crippen LogP contribution < -0.4 is 10.1 Å². The highest BCUT2D eigenvalue weighted by Gasteiger charge is 2.44. The number of hydrogen-bond acceptors (Lipinski definition) is 3. The minimum absolute atomic E-state index is 0.0328. The average Bonchev–Trinajstić information content (AvgIpc) is 3.35. The van der Waals surface area contributed by atoms with Crippen LogP contribution in [0.3, 0.4) is 0 Å². The first-order valence-electron chi connectivity index (χ1n) is 11.9. The van der Waals surface area contributed by atoms with Gasteiger partial charge in [0.05, 0.1) is 24.9 Å². The molecule has 0 spiro atoms. The van der Waals surface area contributed by atoms with Crippen LogP contribution in [0.25, 0.3) is 5.69 Å². The van der Waals surface area contributed by atoms with Gasteiger partial charge < -0.3 is 19.5 Å². The van der Waals surface area contributed by atoms with Crippen molar-refractivity contribution in [3.05, 3.63) is 77.4 Å². The van der Waals surface area contributed by atoms with Crippen LogP contribution in [0.4, 0.5) is 0 Å². The summed E-state index contributed by atoms with van der Waals surface area (Å²) >= 11 is 5.95. The normalized spacial score (nSPS) is 21.3. The Bertz CT molecular complexity index is 1120. The monoisotopic (exact) mass is 460 g/mol. The maximum Gasteiger partial charge on any atom is 0.170 e. The fraction of sp³-hybridized carbons (Fsp3) is 0.407. The van der Waals surface area contributed by atoms with Crippen LogP contribution in [0.1, 0.15) is 66.8 Å². The summed E-state index contributed by atoms with van der Waals surface area (Å²) in [5.74, 6) is 0.866. The molecule has 6 heteroatoms. The highest BCUT2D eigenvalue weighted by molar-refractivity contribution is 7.80. The van der Waals surface area contributed by atoms with Crippen molar-refractivity contribution in [1.29, 1.82) is 0 Å². The lowest BCUT2D eigenvalue weighted by Crippen LogP contribution is -2.40. The van der Waals surface area contributed by atoms with Crippen LogP contribution in [0.5, 0.6) is 5.75 Å². The average molecular weight is 461 g/mol. The van der Waals surface area contributed by atoms with Gasteiger partial charge in [0.1, 0.15) is 5.75 Å². The predicted octanol–water partition coefficient (Wildman–Crippen LogP) is 5.80. The Balaban J connectivity index is 1.60. The molecule has 1 N–H and O–H groups in total. The van der Waals surface area contributed by atoms with Crippen molar-refractivity contribution in [3.8, 4) is 11.4 Å². The van der Waals surface area contributed by atoms with Crippen LogP contribution in [-0.2, 0) is 0 Å². The third-order valence-electron chi connectivity index (χ3n) is 7.22. The molecule has 1 saturated heterocycles. The number of nitrogens with zero attached hydrogens (tertiary/aromatic N) is 3. The van der Waals surface area contributed by atoms with Crippen molar-refractivity contribution < 1.29 is 4.74 Å². The minimum Gasteiger partial charge on any atom is -0.497 e. The zero-order chi connectivity index (χ0) is 22.9. The number of pyridine rings is 1. The molecule has 33 heavy (non-hydrogen) atoms. The Morgan fingerprint density at radius 3 is 2.45 bits per heavy atom. The SMILES string of the molecule is COc1ccc(-n2c(C)cc([C@H]3[C@H](c4ccccn4)NC(=S)N3C3CCCCC3)c2C)cc1. The molecule has 2 atom stereocenters. The van der Waals surface area contributed by atoms with Gasteiger partial charge >= 0.3 is 0 Å². The first kappa shape index (κ1) is 22.0. The lowest BCUT2D eigenvalue weighted by Gasteiger charge is -2.37. The first-order chi connectivity index (χ1) is 16.1. The fourth-order valence-corrected chi connectivity index (χ4v) is 6.06. The Labute approximate surface area is 201 Å². The van der Waals surface area contributed by atoms with E-state index in [4.69, 9.17) is 21.9 Å². The van der Waals surface area contributed by atoms with E-state index >= 15 is 0 Å². The zero-order valence-corrected chi connectivity index (χ0v) is 20.4. The van der Waals surface area contributed by atoms with E-state index in [-0.39, 0.29) is 12.1 Å². The highest BCUT2D eigenvalue weighted by atomic mass is 32.1. The molecule has 172 valence electrons. The van der Waals surface area contributed by atoms with Crippen molar-refractivity contribution in [1.82, 2.24) is 19.8 Å². The summed E-state index contributed by atoms with van der Waals surface area (Å²) in [6, 6.07) is 17.4. The third-order valence-corrected chi connectivity index (χ3v) is 7.55. The van der Waals surface area contributed by atoms with E-state index in [1.165, 1.54) is 49.1 Å². The second kappa shape index (κ2) is 9.18. The van der Waals surface area contributed by atoms with E-state index in [0.29, 0.717) is 6.04 Å². The number of aryl methyl sites for hydroxylation is 1. The van der Waals surface area contributed by atoms with Crippen molar-refractivity contribution in [3.63, 3.8) is 0 Å². The molecule has 1 saturated carbocycles. The molecular formula is C27H32N4OS. The Kier molecular flexibility index (Phi) is 6.11. The number of hydrogen-bond donors (Lipinski definition) is 1. The standard InChI is InChI=1S/C27H32N4OS/c1-18-17-23(19(2)30(18)21-12-14-22(32-3)15-13-21)26-25(24-11-7-8-16-28-24)29-27(33)31(26)20-9-5-4-6-10-20/h7-8,11-17,20,25-26H,4-6,9-10H2,1-3H3,(H,29,33)/t25-,26-/m0/s1. The molecule has 1 aliphatic carbocycles. The van der Waals surface area contributed by atoms with Gasteiger partial charge in [-0.3, -0.25) is 4.98 Å². The number of ether oxygens (including phenoxy) is 1. The maximum atomic E-state index is 5.95. The number of benzene rings is 1. The molecule has 2 aliphatic rings. The smallest absolute Gasteiger partial charge is 0.170 e. The topological polar surface area (TPSA) is 42.3 Å². The lowest BCUT2D eigenvalue weighted by molar-refractivity contribution is 0.197. The van der Waals surface area contributed by atoms with Crippen molar-refractivity contribution in [2.24, 2.45) is 0 Å². The number of thiocarbonyl (C=S) groups is 1. The van der Waals surface area contributed by atoms with Gasteiger partial charge in [-0.2, -0.15) is 0 Å². The molecule has 2 aromatic heterocycles. The second-order valence-electron chi connectivity index (χ2n) is 9.19. The van der Waals surface area contributed by atoms with Gasteiger partial charge in [0.15, 0.2) is 5.11 Å². The second-order valence-corrected chi connectivity index (χ2v) is 9.57. The molecule has 3 heterocycles. The summed E-state index contributed by atoms with van der Waals surface area (Å²) in [5, 5.41) is 4.50. The number of aromatic nitrogens is 2. The molecule has 0 radical (unpaired) electrons. The fourth-order valence-electron chi connectivity index (χ4n) is 5.67. The van der Waals surface area contributed by atoms with Gasteiger partial charge in [-0.15, -0.1) is 0 Å². The minimum atomic E-state index is 0.0328. The molecular weight excluding hydrogens is 428 g/mol. The first-order valence-corrected chi connectivity index (χ1v) is 12.3. The molecule has 1 aromatic carbocycles. The van der Waals surface area contributed by atoms with Crippen LogP contribution in [0, 0.1) is 13.8 Å². The number of rotatable bonds is 5. The van der Waals surface area contributed by atoms with Crippen LogP contribution in [-0.4, -0.2) is 32.7 Å². The molecule has 3 aromatic rings. The summed E-state index contributed by atoms with van der Waals surface area (Å²) < 4.78 is 7.70. The molecule has 0 unspecified atom stereocenters. The number of nitrogens with one attached hydrogen (secondary N) is 1. The van der Waals surface area contributed by atoms with Gasteiger partial charge in [0, 0.05) is 29.3 Å². The van der Waals surface area contributed by atoms with Crippen molar-refractivity contribution in [2.45, 2.75) is 64.1 Å². The van der Waals surface area contributed by atoms with E-state index in [9.17, 15) is 0 Å². The third kappa shape index (κ3) is 4.01. The van der Waals surface area contributed by atoms with Gasteiger partial charge in [0.2, 0.25) is 0 Å². The van der Waals surface area contributed by atoms with Crippen LogP contribution in [0.2, 0.25) is 0 Å². The Morgan fingerprint density at radius 1 is 1.03 bits per heavy atom. The summed E-state index contributed by atoms with van der Waals surface area (Å²) in [7, 11) is 1.70. The number of methoxy groups -OCH3 is 1. The highest BCUT2D eigenvalue weighted by Crippen LogP contribution is 2.44. The van der Waals surface area contributed by atoms with E-state index in [1.807, 2.05) is 24.4 Å². The Morgan fingerprint density at radius 2 is 1.79 bits per heavy atom. The van der Waals surface area contributed by atoms with Gasteiger partial charge in [-0.05, 0) is 86.9 Å². The van der Waals surface area contributed by atoms with E-state index in [1.54, 1.807) is 7.11 Å². The van der Waals surface area contributed by atoms with E-state index in [2.05, 4.69) is 59.0 Å². The van der Waals surface area contributed by atoms with Gasteiger partial charge in [-0.25, -0.2) is 0 Å². The summed E-state index contributed by atoms with van der Waals surface area (Å²) in [4.78, 5) is 7.21. The largest absolute Gasteiger partial charge is 0.497 e. The van der Waals surface area contributed by atoms with Crippen LogP contribution in [0.15, 0.2) is 54.7 Å². The summed E-state index contributed by atoms with van der Waals surface area (Å²) in [6.07, 6.45) is 8.14. The summed E-state index contributed by atoms with van der Waals surface area (Å²) in [6.45, 7) is 4.41. The Hall–Kier alpha value is -2.86. The quantitative estimate of drug-likeness (QED) is 0.487. The van der Waals surface area contributed by atoms with Crippen molar-refractivity contribution >= 4 is 17.3 Å². The molecule has 5 nitrogen and oxygen atoms in total. The van der Waals surface area contributed by atoms with E-state index in [0.717, 1.165) is 22.2 Å². The zero-order valence-electron chi connectivity index (χ0n) is 19.6. The molecule has 0 bridgehead atoms. The van der Waals surface area contributed by atoms with E-state index < -0.39 is 0 Å². The summed E-state index contributed by atoms with van der Waals surface area (Å²) in [5.41, 5.74) is 5.96. The van der Waals surface area contributed by atoms with Crippen LogP contribution >= 0.6 is 12.2 Å². The molecule has 1 aliphatic heterocycles. The maximum absolute atomic E-state index is 5.95. The molecule has 0 amide bonds.